The van der Waals surface area contributed by atoms with E-state index < -0.39 is 0 Å². The van der Waals surface area contributed by atoms with Crippen molar-refractivity contribution in [3.63, 3.8) is 0 Å². The Bertz CT molecular complexity index is 1390. The molecule has 30 heavy (non-hydrogen) atoms. The van der Waals surface area contributed by atoms with E-state index >= 15 is 0 Å². The first kappa shape index (κ1) is 18.6. The Balaban J connectivity index is 1.50. The second kappa shape index (κ2) is 7.46. The van der Waals surface area contributed by atoms with Gasteiger partial charge in [-0.3, -0.25) is 9.20 Å². The highest BCUT2D eigenvalue weighted by molar-refractivity contribution is 7.99. The van der Waals surface area contributed by atoms with E-state index in [4.69, 9.17) is 9.97 Å². The van der Waals surface area contributed by atoms with Crippen LogP contribution in [0.1, 0.15) is 19.9 Å². The van der Waals surface area contributed by atoms with Gasteiger partial charge in [-0.1, -0.05) is 36.0 Å². The number of aromatic nitrogens is 5. The third-order valence-corrected chi connectivity index (χ3v) is 5.81. The van der Waals surface area contributed by atoms with Gasteiger partial charge in [-0.25, -0.2) is 14.6 Å². The molecule has 7 nitrogen and oxygen atoms in total. The Morgan fingerprint density at radius 1 is 1.03 bits per heavy atom. The van der Waals surface area contributed by atoms with Gasteiger partial charge < -0.3 is 5.32 Å². The van der Waals surface area contributed by atoms with Crippen molar-refractivity contribution in [2.24, 2.45) is 0 Å². The minimum atomic E-state index is -0.102. The molecule has 2 aromatic carbocycles. The van der Waals surface area contributed by atoms with E-state index in [1.165, 1.54) is 11.8 Å². The Morgan fingerprint density at radius 2 is 1.80 bits per heavy atom. The predicted octanol–water partition coefficient (Wildman–Crippen LogP) is 4.54. The summed E-state index contributed by atoms with van der Waals surface area (Å²) < 4.78 is 3.83. The molecule has 150 valence electrons. The molecule has 8 heteroatoms. The van der Waals surface area contributed by atoms with E-state index in [0.29, 0.717) is 5.82 Å². The van der Waals surface area contributed by atoms with Crippen LogP contribution in [0.4, 0.5) is 5.82 Å². The van der Waals surface area contributed by atoms with E-state index in [-0.39, 0.29) is 17.7 Å². The van der Waals surface area contributed by atoms with Crippen molar-refractivity contribution in [3.05, 3.63) is 60.8 Å². The maximum Gasteiger partial charge on any atom is 0.235 e. The maximum atomic E-state index is 12.6. The van der Waals surface area contributed by atoms with Gasteiger partial charge in [0.1, 0.15) is 11.5 Å². The average molecular weight is 417 g/mol. The number of amides is 1. The van der Waals surface area contributed by atoms with Crippen LogP contribution in [0.15, 0.2) is 66.0 Å². The summed E-state index contributed by atoms with van der Waals surface area (Å²) >= 11 is 1.40. The molecular weight excluding hydrogens is 396 g/mol. The second-order valence-electron chi connectivity index (χ2n) is 7.26. The molecular formula is C22H20N6OS. The van der Waals surface area contributed by atoms with Crippen molar-refractivity contribution in [2.45, 2.75) is 25.0 Å². The number of hydrogen-bond donors (Lipinski definition) is 1. The van der Waals surface area contributed by atoms with Crippen molar-refractivity contribution in [1.29, 1.82) is 0 Å². The minimum absolute atomic E-state index is 0.102. The summed E-state index contributed by atoms with van der Waals surface area (Å²) in [5.74, 6) is 0.825. The molecule has 0 aliphatic rings. The zero-order chi connectivity index (χ0) is 20.7. The van der Waals surface area contributed by atoms with Gasteiger partial charge in [-0.2, -0.15) is 5.10 Å². The number of nitrogens with one attached hydrogen (secondary N) is 1. The number of para-hydroxylation sites is 3. The molecule has 0 saturated heterocycles. The highest BCUT2D eigenvalue weighted by Crippen LogP contribution is 2.29. The number of rotatable bonds is 5. The number of anilines is 1. The fourth-order valence-electron chi connectivity index (χ4n) is 3.54. The quantitative estimate of drug-likeness (QED) is 0.336. The molecule has 0 unspecified atom stereocenters. The van der Waals surface area contributed by atoms with Crippen LogP contribution >= 0.6 is 11.8 Å². The summed E-state index contributed by atoms with van der Waals surface area (Å²) in [6, 6.07) is 17.9. The number of benzene rings is 2. The Morgan fingerprint density at radius 3 is 2.63 bits per heavy atom. The Hall–Kier alpha value is -3.39. The number of thioether (sulfide) groups is 1. The van der Waals surface area contributed by atoms with Gasteiger partial charge in [0.15, 0.2) is 5.16 Å². The average Bonchev–Trinajstić information content (AvgIpc) is 3.37. The molecule has 0 spiro atoms. The fraction of sp³-hybridized carbons (Fsp3) is 0.182. The first-order chi connectivity index (χ1) is 14.6. The Kier molecular flexibility index (Phi) is 4.63. The number of fused-ring (bicyclic) bond motifs is 5. The number of hydrogen-bond acceptors (Lipinski definition) is 5. The van der Waals surface area contributed by atoms with Crippen molar-refractivity contribution in [3.8, 4) is 0 Å². The topological polar surface area (TPSA) is 77.1 Å². The largest absolute Gasteiger partial charge is 0.310 e. The van der Waals surface area contributed by atoms with Gasteiger partial charge in [0.2, 0.25) is 5.91 Å². The smallest absolute Gasteiger partial charge is 0.235 e. The highest BCUT2D eigenvalue weighted by Gasteiger charge is 2.16. The lowest BCUT2D eigenvalue weighted by molar-refractivity contribution is -0.113. The van der Waals surface area contributed by atoms with Crippen molar-refractivity contribution < 1.29 is 4.79 Å². The molecule has 0 aliphatic heterocycles. The van der Waals surface area contributed by atoms with Crippen LogP contribution in [-0.4, -0.2) is 35.8 Å². The van der Waals surface area contributed by atoms with Crippen LogP contribution in [-0.2, 0) is 4.79 Å². The summed E-state index contributed by atoms with van der Waals surface area (Å²) in [6.45, 7) is 4.05. The van der Waals surface area contributed by atoms with Gasteiger partial charge in [0, 0.05) is 17.5 Å². The summed E-state index contributed by atoms with van der Waals surface area (Å²) in [5.41, 5.74) is 3.60. The summed E-state index contributed by atoms with van der Waals surface area (Å²) in [7, 11) is 0. The SMILES string of the molecule is CC(C)n1nccc1NC(=O)CSc1nc2ccccc2c2nc3ccccc3n12. The predicted molar refractivity (Wildman–Crippen MR) is 120 cm³/mol. The molecule has 1 amide bonds. The van der Waals surface area contributed by atoms with Gasteiger partial charge in [0.25, 0.3) is 0 Å². The molecule has 0 aliphatic carbocycles. The monoisotopic (exact) mass is 416 g/mol. The first-order valence-electron chi connectivity index (χ1n) is 9.74. The second-order valence-corrected chi connectivity index (χ2v) is 8.21. The zero-order valence-electron chi connectivity index (χ0n) is 16.6. The lowest BCUT2D eigenvalue weighted by atomic mass is 10.2. The molecule has 5 aromatic rings. The number of carbonyl (C=O) groups is 1. The number of imidazole rings is 1. The van der Waals surface area contributed by atoms with Crippen molar-refractivity contribution in [1.82, 2.24) is 24.1 Å². The molecule has 0 bridgehead atoms. The molecule has 5 rings (SSSR count). The van der Waals surface area contributed by atoms with E-state index in [2.05, 4.69) is 10.4 Å². The van der Waals surface area contributed by atoms with E-state index in [1.54, 1.807) is 16.9 Å². The van der Waals surface area contributed by atoms with Crippen molar-refractivity contribution >= 4 is 51.1 Å². The molecule has 0 fully saturated rings. The van der Waals surface area contributed by atoms with Crippen LogP contribution < -0.4 is 5.32 Å². The minimum Gasteiger partial charge on any atom is -0.310 e. The van der Waals surface area contributed by atoms with E-state index in [0.717, 1.165) is 32.7 Å². The molecule has 0 saturated carbocycles. The summed E-state index contributed by atoms with van der Waals surface area (Å²) in [5, 5.41) is 8.94. The number of nitrogens with zero attached hydrogens (tertiary/aromatic N) is 5. The first-order valence-corrected chi connectivity index (χ1v) is 10.7. The molecule has 0 radical (unpaired) electrons. The summed E-state index contributed by atoms with van der Waals surface area (Å²) in [6.07, 6.45) is 1.69. The number of carbonyl (C=O) groups excluding carboxylic acids is 1. The lowest BCUT2D eigenvalue weighted by Crippen LogP contribution is -2.18. The molecule has 3 aromatic heterocycles. The van der Waals surface area contributed by atoms with Crippen LogP contribution in [0.2, 0.25) is 0 Å². The van der Waals surface area contributed by atoms with Gasteiger partial charge in [0.05, 0.1) is 28.5 Å². The van der Waals surface area contributed by atoms with Crippen LogP contribution in [0, 0.1) is 0 Å². The molecule has 0 atom stereocenters. The highest BCUT2D eigenvalue weighted by atomic mass is 32.2. The van der Waals surface area contributed by atoms with Crippen LogP contribution in [0.5, 0.6) is 0 Å². The summed E-state index contributed by atoms with van der Waals surface area (Å²) in [4.78, 5) is 22.3. The fourth-order valence-corrected chi connectivity index (χ4v) is 4.35. The Labute approximate surface area is 177 Å². The zero-order valence-corrected chi connectivity index (χ0v) is 17.4. The van der Waals surface area contributed by atoms with Crippen LogP contribution in [0.25, 0.3) is 27.6 Å². The van der Waals surface area contributed by atoms with Gasteiger partial charge in [-0.15, -0.1) is 0 Å². The third-order valence-electron chi connectivity index (χ3n) is 4.87. The lowest BCUT2D eigenvalue weighted by Gasteiger charge is -2.12. The molecule has 3 heterocycles. The van der Waals surface area contributed by atoms with E-state index in [1.807, 2.05) is 66.8 Å². The van der Waals surface area contributed by atoms with Crippen LogP contribution in [0.3, 0.4) is 0 Å². The van der Waals surface area contributed by atoms with Crippen molar-refractivity contribution in [2.75, 3.05) is 11.1 Å². The van der Waals surface area contributed by atoms with Gasteiger partial charge in [-0.05, 0) is 38.1 Å². The normalized spacial score (nSPS) is 11.7. The molecule has 1 N–H and O–H groups in total. The van der Waals surface area contributed by atoms with E-state index in [9.17, 15) is 4.79 Å². The third kappa shape index (κ3) is 3.19. The standard InChI is InChI=1S/C22H20N6OS/c1-14(2)28-19(11-12-23-28)26-20(29)13-30-22-25-16-8-4-3-7-15(16)21-24-17-9-5-6-10-18(17)27(21)22/h3-12,14H,13H2,1-2H3,(H,26,29). The maximum absolute atomic E-state index is 12.6. The van der Waals surface area contributed by atoms with Gasteiger partial charge >= 0.3 is 0 Å².